The second-order valence-corrected chi connectivity index (χ2v) is 7.92. The van der Waals surface area contributed by atoms with Gasteiger partial charge in [0.25, 0.3) is 0 Å². The van der Waals surface area contributed by atoms with E-state index >= 15 is 0 Å². The molecule has 1 aliphatic rings. The van der Waals surface area contributed by atoms with Gasteiger partial charge in [0.1, 0.15) is 18.1 Å². The lowest BCUT2D eigenvalue weighted by molar-refractivity contribution is 0.237. The van der Waals surface area contributed by atoms with Gasteiger partial charge in [-0.25, -0.2) is 0 Å². The molecular weight excluding hydrogens is 386 g/mol. The fourth-order valence-electron chi connectivity index (χ4n) is 4.14. The van der Waals surface area contributed by atoms with Crippen molar-refractivity contribution in [3.05, 3.63) is 89.7 Å². The van der Waals surface area contributed by atoms with Gasteiger partial charge in [0, 0.05) is 42.7 Å². The molecule has 0 amide bonds. The minimum Gasteiger partial charge on any atom is -0.497 e. The first-order chi connectivity index (χ1) is 15.3. The highest BCUT2D eigenvalue weighted by Gasteiger charge is 2.23. The van der Waals surface area contributed by atoms with Crippen molar-refractivity contribution < 1.29 is 9.47 Å². The third kappa shape index (κ3) is 5.84. The van der Waals surface area contributed by atoms with Crippen molar-refractivity contribution in [2.75, 3.05) is 26.7 Å². The van der Waals surface area contributed by atoms with Crippen LogP contribution in [0.15, 0.2) is 73.1 Å². The molecule has 1 fully saturated rings. The van der Waals surface area contributed by atoms with E-state index < -0.39 is 0 Å². The van der Waals surface area contributed by atoms with E-state index in [1.165, 1.54) is 18.4 Å². The quantitative estimate of drug-likeness (QED) is 0.523. The second-order valence-electron chi connectivity index (χ2n) is 7.92. The minimum atomic E-state index is 0.334. The van der Waals surface area contributed by atoms with Gasteiger partial charge in [-0.2, -0.15) is 0 Å². The Morgan fingerprint density at radius 2 is 1.90 bits per heavy atom. The number of nitrogens with zero attached hydrogens (tertiary/aromatic N) is 2. The zero-order chi connectivity index (χ0) is 21.3. The Labute approximate surface area is 185 Å². The molecule has 162 valence electrons. The first-order valence-corrected chi connectivity index (χ1v) is 11.0. The van der Waals surface area contributed by atoms with Crippen LogP contribution in [-0.2, 0) is 13.2 Å². The molecule has 0 spiro atoms. The van der Waals surface area contributed by atoms with E-state index in [2.05, 4.69) is 45.5 Å². The minimum absolute atomic E-state index is 0.334. The van der Waals surface area contributed by atoms with Crippen molar-refractivity contribution >= 4 is 0 Å². The van der Waals surface area contributed by atoms with Gasteiger partial charge in [-0.3, -0.25) is 9.88 Å². The van der Waals surface area contributed by atoms with Crippen molar-refractivity contribution in [3.63, 3.8) is 0 Å². The van der Waals surface area contributed by atoms with E-state index in [0.717, 1.165) is 48.8 Å². The number of aromatic nitrogens is 1. The molecule has 2 aromatic carbocycles. The first-order valence-electron chi connectivity index (χ1n) is 11.0. The topological polar surface area (TPSA) is 46.6 Å². The van der Waals surface area contributed by atoms with Gasteiger partial charge in [0.2, 0.25) is 0 Å². The van der Waals surface area contributed by atoms with Gasteiger partial charge in [-0.05, 0) is 55.8 Å². The fraction of sp³-hybridized carbons (Fsp3) is 0.346. The smallest absolute Gasteiger partial charge is 0.124 e. The number of methoxy groups -OCH3 is 1. The van der Waals surface area contributed by atoms with Crippen LogP contribution in [-0.4, -0.2) is 36.6 Å². The summed E-state index contributed by atoms with van der Waals surface area (Å²) in [5, 5.41) is 3.68. The Bertz CT molecular complexity index is 942. The van der Waals surface area contributed by atoms with Crippen LogP contribution in [0.3, 0.4) is 0 Å². The standard InChI is InChI=1S/C26H31N3O2/c1-30-24-11-6-10-22(16-24)25(29-14-4-5-15-29)19-28-18-23-9-2-3-12-26(23)31-20-21-8-7-13-27-17-21/h2-3,6-13,16-17,25,28H,4-5,14-15,18-20H2,1H3. The zero-order valence-corrected chi connectivity index (χ0v) is 18.2. The van der Waals surface area contributed by atoms with E-state index in [1.54, 1.807) is 13.3 Å². The molecule has 0 saturated carbocycles. The lowest BCUT2D eigenvalue weighted by atomic mass is 10.0. The monoisotopic (exact) mass is 417 g/mol. The van der Waals surface area contributed by atoms with Gasteiger partial charge in [-0.1, -0.05) is 36.4 Å². The van der Waals surface area contributed by atoms with Crippen LogP contribution in [0.4, 0.5) is 0 Å². The van der Waals surface area contributed by atoms with Gasteiger partial charge in [-0.15, -0.1) is 0 Å². The Morgan fingerprint density at radius 3 is 2.71 bits per heavy atom. The Hall–Kier alpha value is -2.89. The first kappa shape index (κ1) is 21.3. The summed E-state index contributed by atoms with van der Waals surface area (Å²) in [5.41, 5.74) is 3.53. The number of pyridine rings is 1. The highest BCUT2D eigenvalue weighted by atomic mass is 16.5. The number of benzene rings is 2. The van der Waals surface area contributed by atoms with Gasteiger partial charge >= 0.3 is 0 Å². The maximum Gasteiger partial charge on any atom is 0.124 e. The molecule has 1 saturated heterocycles. The number of hydrogen-bond donors (Lipinski definition) is 1. The highest BCUT2D eigenvalue weighted by molar-refractivity contribution is 5.34. The highest BCUT2D eigenvalue weighted by Crippen LogP contribution is 2.27. The largest absolute Gasteiger partial charge is 0.497 e. The van der Waals surface area contributed by atoms with E-state index in [-0.39, 0.29) is 0 Å². The summed E-state index contributed by atoms with van der Waals surface area (Å²) >= 11 is 0. The molecule has 1 unspecified atom stereocenters. The van der Waals surface area contributed by atoms with E-state index in [9.17, 15) is 0 Å². The summed E-state index contributed by atoms with van der Waals surface area (Å²) in [4.78, 5) is 6.74. The summed E-state index contributed by atoms with van der Waals surface area (Å²) in [6.45, 7) is 4.45. The summed E-state index contributed by atoms with van der Waals surface area (Å²) < 4.78 is 11.5. The second kappa shape index (κ2) is 10.9. The summed E-state index contributed by atoms with van der Waals surface area (Å²) in [7, 11) is 1.73. The number of nitrogens with one attached hydrogen (secondary N) is 1. The van der Waals surface area contributed by atoms with E-state index in [0.29, 0.717) is 12.6 Å². The summed E-state index contributed by atoms with van der Waals surface area (Å²) in [6.07, 6.45) is 6.16. The van der Waals surface area contributed by atoms with Crippen LogP contribution in [0.2, 0.25) is 0 Å². The fourth-order valence-corrected chi connectivity index (χ4v) is 4.14. The predicted octanol–water partition coefficient (Wildman–Crippen LogP) is 4.60. The van der Waals surface area contributed by atoms with Crippen molar-refractivity contribution in [2.24, 2.45) is 0 Å². The molecule has 0 radical (unpaired) electrons. The van der Waals surface area contributed by atoms with Crippen LogP contribution in [0.1, 0.15) is 35.6 Å². The normalized spacial score (nSPS) is 15.0. The van der Waals surface area contributed by atoms with E-state index in [1.807, 2.05) is 36.5 Å². The number of likely N-dealkylation sites (tertiary alicyclic amines) is 1. The molecule has 5 heteroatoms. The molecule has 0 bridgehead atoms. The summed E-state index contributed by atoms with van der Waals surface area (Å²) in [5.74, 6) is 1.83. The van der Waals surface area contributed by atoms with Crippen LogP contribution in [0.25, 0.3) is 0 Å². The van der Waals surface area contributed by atoms with Crippen molar-refractivity contribution in [2.45, 2.75) is 32.0 Å². The molecule has 1 aromatic heterocycles. The summed E-state index contributed by atoms with van der Waals surface area (Å²) in [6, 6.07) is 21.0. The molecule has 0 aliphatic carbocycles. The number of ether oxygens (including phenoxy) is 2. The Morgan fingerprint density at radius 1 is 1.03 bits per heavy atom. The molecule has 5 nitrogen and oxygen atoms in total. The number of rotatable bonds is 10. The number of para-hydroxylation sites is 1. The number of hydrogen-bond acceptors (Lipinski definition) is 5. The third-order valence-electron chi connectivity index (χ3n) is 5.80. The molecule has 2 heterocycles. The van der Waals surface area contributed by atoms with Gasteiger partial charge in [0.05, 0.1) is 7.11 Å². The van der Waals surface area contributed by atoms with Crippen molar-refractivity contribution in [1.29, 1.82) is 0 Å². The molecule has 4 rings (SSSR count). The van der Waals surface area contributed by atoms with Crippen LogP contribution >= 0.6 is 0 Å². The lowest BCUT2D eigenvalue weighted by Crippen LogP contribution is -2.34. The molecule has 3 aromatic rings. The Kier molecular flexibility index (Phi) is 7.53. The maximum absolute atomic E-state index is 6.09. The average Bonchev–Trinajstić information content (AvgIpc) is 3.36. The lowest BCUT2D eigenvalue weighted by Gasteiger charge is -2.28. The SMILES string of the molecule is COc1cccc(C(CNCc2ccccc2OCc2cccnc2)N2CCCC2)c1. The van der Waals surface area contributed by atoms with Crippen LogP contribution < -0.4 is 14.8 Å². The van der Waals surface area contributed by atoms with Crippen molar-refractivity contribution in [3.8, 4) is 11.5 Å². The van der Waals surface area contributed by atoms with Crippen LogP contribution in [0, 0.1) is 0 Å². The molecule has 1 aliphatic heterocycles. The molecule has 1 atom stereocenters. The maximum atomic E-state index is 6.09. The zero-order valence-electron chi connectivity index (χ0n) is 18.2. The average molecular weight is 418 g/mol. The Balaban J connectivity index is 1.40. The van der Waals surface area contributed by atoms with Gasteiger partial charge in [0.15, 0.2) is 0 Å². The predicted molar refractivity (Wildman–Crippen MR) is 123 cm³/mol. The van der Waals surface area contributed by atoms with Crippen LogP contribution in [0.5, 0.6) is 11.5 Å². The van der Waals surface area contributed by atoms with E-state index in [4.69, 9.17) is 9.47 Å². The molecule has 31 heavy (non-hydrogen) atoms. The van der Waals surface area contributed by atoms with Crippen molar-refractivity contribution in [1.82, 2.24) is 15.2 Å². The third-order valence-corrected chi connectivity index (χ3v) is 5.80. The van der Waals surface area contributed by atoms with Gasteiger partial charge < -0.3 is 14.8 Å². The molecule has 1 N–H and O–H groups in total. The molecular formula is C26H31N3O2.